The predicted molar refractivity (Wildman–Crippen MR) is 155 cm³/mol. The number of urea groups is 1. The highest BCUT2D eigenvalue weighted by molar-refractivity contribution is 5.90. The van der Waals surface area contributed by atoms with E-state index in [4.69, 9.17) is 5.73 Å². The molecule has 39 heavy (non-hydrogen) atoms. The lowest BCUT2D eigenvalue weighted by Crippen LogP contribution is -2.35. The fraction of sp³-hybridized carbons (Fsp3) is 0.290. The monoisotopic (exact) mass is 528 g/mol. The standard InChI is InChI=1S/C31H36N4O4/c1-31(2,3)22-9-7-21(8-10-22)19-35(30(32)39)23-6-4-5-20(17-23)15-16-33-18-27(37)24-11-13-26(36)29-25(24)12-14-28(38)34-29/h4-14,17,27,33,36-37H,15-16,18-19H2,1-3H3,(H2,32,39)(H,34,38). The molecule has 1 aromatic heterocycles. The summed E-state index contributed by atoms with van der Waals surface area (Å²) >= 11 is 0. The number of benzene rings is 3. The average molecular weight is 529 g/mol. The number of phenolic OH excluding ortho intramolecular Hbond substituents is 1. The number of nitrogens with one attached hydrogen (secondary N) is 2. The Kier molecular flexibility index (Phi) is 8.38. The molecule has 0 bridgehead atoms. The number of aliphatic hydroxyl groups is 1. The van der Waals surface area contributed by atoms with Crippen molar-refractivity contribution in [1.82, 2.24) is 10.3 Å². The lowest BCUT2D eigenvalue weighted by atomic mass is 9.87. The number of hydrogen-bond donors (Lipinski definition) is 5. The van der Waals surface area contributed by atoms with Crippen molar-refractivity contribution in [3.05, 3.63) is 105 Å². The second kappa shape index (κ2) is 11.7. The SMILES string of the molecule is CC(C)(C)c1ccc(CN(C(N)=O)c2cccc(CCNCC(O)c3ccc(O)c4[nH]c(=O)ccc34)c2)cc1. The normalized spacial score (nSPS) is 12.4. The Bertz CT molecular complexity index is 1510. The fourth-order valence-electron chi connectivity index (χ4n) is 4.60. The molecular formula is C31H36N4O4. The van der Waals surface area contributed by atoms with Crippen molar-refractivity contribution in [1.29, 1.82) is 0 Å². The number of aromatic hydroxyl groups is 1. The molecule has 1 unspecified atom stereocenters. The van der Waals surface area contributed by atoms with Crippen molar-refractivity contribution in [3.8, 4) is 5.75 Å². The first-order chi connectivity index (χ1) is 18.5. The number of H-pyrrole nitrogens is 1. The average Bonchev–Trinajstić information content (AvgIpc) is 2.90. The van der Waals surface area contributed by atoms with Crippen LogP contribution in [0.25, 0.3) is 10.9 Å². The van der Waals surface area contributed by atoms with Crippen LogP contribution >= 0.6 is 0 Å². The number of hydrogen-bond acceptors (Lipinski definition) is 5. The van der Waals surface area contributed by atoms with Crippen molar-refractivity contribution in [2.75, 3.05) is 18.0 Å². The zero-order valence-corrected chi connectivity index (χ0v) is 22.6. The van der Waals surface area contributed by atoms with Gasteiger partial charge in [-0.3, -0.25) is 9.69 Å². The van der Waals surface area contributed by atoms with Crippen LogP contribution in [-0.2, 0) is 18.4 Å². The van der Waals surface area contributed by atoms with Crippen molar-refractivity contribution in [2.24, 2.45) is 5.73 Å². The maximum atomic E-state index is 12.3. The second-order valence-corrected chi connectivity index (χ2v) is 10.8. The molecule has 0 spiro atoms. The van der Waals surface area contributed by atoms with Crippen LogP contribution in [0, 0.1) is 0 Å². The molecule has 3 aromatic carbocycles. The molecule has 1 atom stereocenters. The third kappa shape index (κ3) is 6.85. The molecule has 0 aliphatic rings. The van der Waals surface area contributed by atoms with Gasteiger partial charge in [-0.15, -0.1) is 0 Å². The van der Waals surface area contributed by atoms with E-state index in [2.05, 4.69) is 43.2 Å². The summed E-state index contributed by atoms with van der Waals surface area (Å²) < 4.78 is 0. The molecule has 0 fully saturated rings. The van der Waals surface area contributed by atoms with Gasteiger partial charge in [-0.05, 0) is 64.9 Å². The molecule has 0 saturated heterocycles. The molecular weight excluding hydrogens is 492 g/mol. The van der Waals surface area contributed by atoms with Gasteiger partial charge < -0.3 is 26.2 Å². The van der Waals surface area contributed by atoms with Crippen molar-refractivity contribution >= 4 is 22.6 Å². The first-order valence-electron chi connectivity index (χ1n) is 13.0. The molecule has 0 aliphatic carbocycles. The third-order valence-corrected chi connectivity index (χ3v) is 6.84. The van der Waals surface area contributed by atoms with Crippen LogP contribution in [0.2, 0.25) is 0 Å². The molecule has 0 aliphatic heterocycles. The van der Waals surface area contributed by atoms with Crippen LogP contribution in [0.3, 0.4) is 0 Å². The molecule has 204 valence electrons. The number of primary amides is 1. The van der Waals surface area contributed by atoms with Crippen LogP contribution in [0.15, 0.2) is 77.6 Å². The summed E-state index contributed by atoms with van der Waals surface area (Å²) in [7, 11) is 0. The van der Waals surface area contributed by atoms with Crippen LogP contribution < -0.4 is 21.5 Å². The summed E-state index contributed by atoms with van der Waals surface area (Å²) in [4.78, 5) is 28.1. The zero-order chi connectivity index (χ0) is 28.2. The number of amides is 2. The Labute approximate surface area is 228 Å². The zero-order valence-electron chi connectivity index (χ0n) is 22.6. The van der Waals surface area contributed by atoms with Gasteiger partial charge in [0.15, 0.2) is 0 Å². The number of pyridine rings is 1. The van der Waals surface area contributed by atoms with E-state index in [0.717, 1.165) is 16.8 Å². The van der Waals surface area contributed by atoms with Crippen LogP contribution in [0.5, 0.6) is 5.75 Å². The van der Waals surface area contributed by atoms with Crippen LogP contribution in [-0.4, -0.2) is 34.3 Å². The minimum Gasteiger partial charge on any atom is -0.506 e. The van der Waals surface area contributed by atoms with Gasteiger partial charge >= 0.3 is 6.03 Å². The molecule has 0 radical (unpaired) electrons. The Morgan fingerprint density at radius 3 is 2.46 bits per heavy atom. The summed E-state index contributed by atoms with van der Waals surface area (Å²) in [6, 6.07) is 21.5. The molecule has 2 amide bonds. The molecule has 4 aromatic rings. The first kappa shape index (κ1) is 27.9. The number of phenols is 1. The number of nitrogens with two attached hydrogens (primary N) is 1. The maximum Gasteiger partial charge on any atom is 0.319 e. The summed E-state index contributed by atoms with van der Waals surface area (Å²) in [6.07, 6.45) is -0.155. The molecule has 0 saturated carbocycles. The summed E-state index contributed by atoms with van der Waals surface area (Å²) in [5, 5.41) is 24.7. The van der Waals surface area contributed by atoms with E-state index in [9.17, 15) is 19.8 Å². The maximum absolute atomic E-state index is 12.3. The van der Waals surface area contributed by atoms with E-state index in [1.807, 2.05) is 36.4 Å². The molecule has 8 nitrogen and oxygen atoms in total. The van der Waals surface area contributed by atoms with Gasteiger partial charge in [0, 0.05) is 23.7 Å². The van der Waals surface area contributed by atoms with Crippen LogP contribution in [0.1, 0.15) is 49.1 Å². The van der Waals surface area contributed by atoms with Gasteiger partial charge in [0.25, 0.3) is 0 Å². The van der Waals surface area contributed by atoms with E-state index in [0.29, 0.717) is 36.0 Å². The molecule has 1 heterocycles. The van der Waals surface area contributed by atoms with E-state index >= 15 is 0 Å². The van der Waals surface area contributed by atoms with E-state index in [1.54, 1.807) is 17.0 Å². The number of carbonyl (C=O) groups excluding carboxylic acids is 1. The Morgan fingerprint density at radius 2 is 1.77 bits per heavy atom. The Morgan fingerprint density at radius 1 is 1.03 bits per heavy atom. The van der Waals surface area contributed by atoms with E-state index in [-0.39, 0.29) is 23.3 Å². The number of aromatic amines is 1. The summed E-state index contributed by atoms with van der Waals surface area (Å²) in [5.74, 6) is -0.0431. The Balaban J connectivity index is 1.37. The fourth-order valence-corrected chi connectivity index (χ4v) is 4.60. The first-order valence-corrected chi connectivity index (χ1v) is 13.0. The molecule has 6 N–H and O–H groups in total. The summed E-state index contributed by atoms with van der Waals surface area (Å²) in [5.41, 5.74) is 10.4. The minimum absolute atomic E-state index is 0.0431. The van der Waals surface area contributed by atoms with Crippen molar-refractivity contribution in [3.63, 3.8) is 0 Å². The number of rotatable bonds is 9. The molecule has 4 rings (SSSR count). The lowest BCUT2D eigenvalue weighted by Gasteiger charge is -2.23. The predicted octanol–water partition coefficient (Wildman–Crippen LogP) is 4.48. The number of anilines is 1. The van der Waals surface area contributed by atoms with Crippen molar-refractivity contribution in [2.45, 2.75) is 45.3 Å². The van der Waals surface area contributed by atoms with E-state index < -0.39 is 12.1 Å². The van der Waals surface area contributed by atoms with Crippen molar-refractivity contribution < 1.29 is 15.0 Å². The smallest absolute Gasteiger partial charge is 0.319 e. The Hall–Kier alpha value is -4.14. The van der Waals surface area contributed by atoms with Gasteiger partial charge in [0.2, 0.25) is 5.56 Å². The van der Waals surface area contributed by atoms with E-state index in [1.165, 1.54) is 17.7 Å². The second-order valence-electron chi connectivity index (χ2n) is 10.8. The van der Waals surface area contributed by atoms with Gasteiger partial charge in [-0.25, -0.2) is 4.79 Å². The van der Waals surface area contributed by atoms with Gasteiger partial charge in [-0.1, -0.05) is 63.2 Å². The highest BCUT2D eigenvalue weighted by Crippen LogP contribution is 2.28. The van der Waals surface area contributed by atoms with Gasteiger partial charge in [0.05, 0.1) is 18.2 Å². The number of nitrogens with zero attached hydrogens (tertiary/aromatic N) is 1. The van der Waals surface area contributed by atoms with Gasteiger partial charge in [-0.2, -0.15) is 0 Å². The number of fused-ring (bicyclic) bond motifs is 1. The quantitative estimate of drug-likeness (QED) is 0.204. The number of aromatic nitrogens is 1. The summed E-state index contributed by atoms with van der Waals surface area (Å²) in [6.45, 7) is 7.75. The molecule has 8 heteroatoms. The van der Waals surface area contributed by atoms with Crippen LogP contribution in [0.4, 0.5) is 10.5 Å². The number of aliphatic hydroxyl groups excluding tert-OH is 1. The lowest BCUT2D eigenvalue weighted by molar-refractivity contribution is 0.176. The largest absolute Gasteiger partial charge is 0.506 e. The number of carbonyl (C=O) groups is 1. The van der Waals surface area contributed by atoms with Gasteiger partial charge in [0.1, 0.15) is 5.75 Å². The minimum atomic E-state index is -0.833. The highest BCUT2D eigenvalue weighted by Gasteiger charge is 2.17. The highest BCUT2D eigenvalue weighted by atomic mass is 16.3. The third-order valence-electron chi connectivity index (χ3n) is 6.84. The topological polar surface area (TPSA) is 132 Å².